The van der Waals surface area contributed by atoms with Crippen molar-refractivity contribution in [1.82, 2.24) is 9.88 Å². The normalized spacial score (nSPS) is 11.6. The van der Waals surface area contributed by atoms with Crippen LogP contribution < -0.4 is 5.73 Å². The van der Waals surface area contributed by atoms with Gasteiger partial charge in [-0.3, -0.25) is 4.79 Å². The van der Waals surface area contributed by atoms with E-state index in [-0.39, 0.29) is 5.91 Å². The molecule has 0 atom stereocenters. The number of amides is 1. The molecule has 90 valence electrons. The Morgan fingerprint density at radius 2 is 2.25 bits per heavy atom. The molecule has 2 N–H and O–H groups in total. The van der Waals surface area contributed by atoms with E-state index >= 15 is 0 Å². The van der Waals surface area contributed by atoms with E-state index in [4.69, 9.17) is 5.73 Å². The minimum Gasteiger partial charge on any atom is -0.339 e. The Morgan fingerprint density at radius 1 is 1.62 bits per heavy atom. The fraction of sp³-hybridized carbons (Fsp3) is 0.636. The van der Waals surface area contributed by atoms with Gasteiger partial charge in [0, 0.05) is 19.0 Å². The molecule has 0 aliphatic heterocycles. The predicted molar refractivity (Wildman–Crippen MR) is 66.2 cm³/mol. The van der Waals surface area contributed by atoms with E-state index in [1.165, 1.54) is 0 Å². The molecule has 0 spiro atoms. The average Bonchev–Trinajstić information content (AvgIpc) is 2.62. The molecular formula is C11H19N3OS. The molecule has 0 bridgehead atoms. The highest BCUT2D eigenvalue weighted by atomic mass is 32.1. The lowest BCUT2D eigenvalue weighted by molar-refractivity contribution is -0.139. The number of thiazole rings is 1. The number of aromatic nitrogens is 1. The third kappa shape index (κ3) is 3.02. The van der Waals surface area contributed by atoms with Gasteiger partial charge in [-0.1, -0.05) is 0 Å². The third-order valence-electron chi connectivity index (χ3n) is 2.50. The van der Waals surface area contributed by atoms with Crippen molar-refractivity contribution >= 4 is 17.2 Å². The first-order valence-electron chi connectivity index (χ1n) is 5.23. The van der Waals surface area contributed by atoms with Crippen LogP contribution in [0.25, 0.3) is 0 Å². The van der Waals surface area contributed by atoms with Gasteiger partial charge in [-0.15, -0.1) is 11.3 Å². The summed E-state index contributed by atoms with van der Waals surface area (Å²) in [6.45, 7) is 6.58. The zero-order chi connectivity index (χ0) is 12.3. The van der Waals surface area contributed by atoms with Gasteiger partial charge in [0.1, 0.15) is 0 Å². The van der Waals surface area contributed by atoms with E-state index in [0.29, 0.717) is 13.1 Å². The van der Waals surface area contributed by atoms with Crippen LogP contribution in [-0.4, -0.2) is 29.4 Å². The summed E-state index contributed by atoms with van der Waals surface area (Å²) < 4.78 is 0. The summed E-state index contributed by atoms with van der Waals surface area (Å²) in [6, 6.07) is 0. The number of hydrogen-bond acceptors (Lipinski definition) is 4. The molecular weight excluding hydrogens is 222 g/mol. The SMILES string of the molecule is Cc1nc(CN(C)C(=O)C(C)(C)CN)cs1. The predicted octanol–water partition coefficient (Wildman–Crippen LogP) is 1.39. The zero-order valence-corrected chi connectivity index (χ0v) is 11.1. The molecule has 0 fully saturated rings. The van der Waals surface area contributed by atoms with Crippen molar-refractivity contribution in [3.8, 4) is 0 Å². The van der Waals surface area contributed by atoms with Crippen LogP contribution in [0.3, 0.4) is 0 Å². The van der Waals surface area contributed by atoms with Crippen molar-refractivity contribution in [2.75, 3.05) is 13.6 Å². The van der Waals surface area contributed by atoms with Crippen LogP contribution in [0, 0.1) is 12.3 Å². The van der Waals surface area contributed by atoms with E-state index in [0.717, 1.165) is 10.7 Å². The van der Waals surface area contributed by atoms with Crippen molar-refractivity contribution in [1.29, 1.82) is 0 Å². The summed E-state index contributed by atoms with van der Waals surface area (Å²) >= 11 is 1.60. The van der Waals surface area contributed by atoms with Crippen molar-refractivity contribution in [3.05, 3.63) is 16.1 Å². The second-order valence-electron chi connectivity index (χ2n) is 4.61. The number of carbonyl (C=O) groups excluding carboxylic acids is 1. The number of rotatable bonds is 4. The quantitative estimate of drug-likeness (QED) is 0.866. The molecule has 1 aromatic heterocycles. The maximum absolute atomic E-state index is 12.0. The van der Waals surface area contributed by atoms with Crippen molar-refractivity contribution in [2.45, 2.75) is 27.3 Å². The molecule has 1 aromatic rings. The van der Waals surface area contributed by atoms with Crippen LogP contribution in [-0.2, 0) is 11.3 Å². The lowest BCUT2D eigenvalue weighted by Crippen LogP contribution is -2.42. The van der Waals surface area contributed by atoms with Gasteiger partial charge in [0.2, 0.25) is 5.91 Å². The zero-order valence-electron chi connectivity index (χ0n) is 10.3. The smallest absolute Gasteiger partial charge is 0.229 e. The monoisotopic (exact) mass is 241 g/mol. The minimum atomic E-state index is -0.500. The highest BCUT2D eigenvalue weighted by Gasteiger charge is 2.28. The summed E-state index contributed by atoms with van der Waals surface area (Å²) in [6.07, 6.45) is 0. The number of carbonyl (C=O) groups is 1. The van der Waals surface area contributed by atoms with E-state index in [2.05, 4.69) is 4.98 Å². The summed E-state index contributed by atoms with van der Waals surface area (Å²) in [5.74, 6) is 0.0562. The van der Waals surface area contributed by atoms with Crippen LogP contribution >= 0.6 is 11.3 Å². The van der Waals surface area contributed by atoms with Gasteiger partial charge in [0.15, 0.2) is 0 Å². The Kier molecular flexibility index (Phi) is 4.04. The molecule has 5 heteroatoms. The molecule has 0 aromatic carbocycles. The number of hydrogen-bond donors (Lipinski definition) is 1. The Bertz CT molecular complexity index is 373. The summed E-state index contributed by atoms with van der Waals surface area (Å²) in [5, 5.41) is 3.00. The highest BCUT2D eigenvalue weighted by Crippen LogP contribution is 2.18. The fourth-order valence-corrected chi connectivity index (χ4v) is 2.00. The lowest BCUT2D eigenvalue weighted by Gasteiger charge is -2.27. The minimum absolute atomic E-state index is 0.0562. The number of nitrogens with zero attached hydrogens (tertiary/aromatic N) is 2. The second-order valence-corrected chi connectivity index (χ2v) is 5.67. The first kappa shape index (κ1) is 13.1. The molecule has 0 unspecified atom stereocenters. The first-order valence-corrected chi connectivity index (χ1v) is 6.11. The van der Waals surface area contributed by atoms with Gasteiger partial charge in [-0.05, 0) is 20.8 Å². The van der Waals surface area contributed by atoms with Gasteiger partial charge in [0.05, 0.1) is 22.7 Å². The number of aryl methyl sites for hydroxylation is 1. The molecule has 0 saturated heterocycles. The largest absolute Gasteiger partial charge is 0.339 e. The Balaban J connectivity index is 2.65. The highest BCUT2D eigenvalue weighted by molar-refractivity contribution is 7.09. The topological polar surface area (TPSA) is 59.2 Å². The van der Waals surface area contributed by atoms with Gasteiger partial charge in [-0.25, -0.2) is 4.98 Å². The Morgan fingerprint density at radius 3 is 2.69 bits per heavy atom. The molecule has 0 aliphatic carbocycles. The van der Waals surface area contributed by atoms with Gasteiger partial charge >= 0.3 is 0 Å². The van der Waals surface area contributed by atoms with Gasteiger partial charge < -0.3 is 10.6 Å². The van der Waals surface area contributed by atoms with Crippen LogP contribution in [0.5, 0.6) is 0 Å². The molecule has 1 heterocycles. The Labute approximate surface area is 100 Å². The number of nitrogens with two attached hydrogens (primary N) is 1. The van der Waals surface area contributed by atoms with Gasteiger partial charge in [0.25, 0.3) is 0 Å². The standard InChI is InChI=1S/C11H19N3OS/c1-8-13-9(6-16-8)5-14(4)10(15)11(2,3)7-12/h6H,5,7,12H2,1-4H3. The molecule has 0 aliphatic rings. The van der Waals surface area contributed by atoms with E-state index < -0.39 is 5.41 Å². The van der Waals surface area contributed by atoms with E-state index in [1.54, 1.807) is 23.3 Å². The average molecular weight is 241 g/mol. The summed E-state index contributed by atoms with van der Waals surface area (Å²) in [5.41, 5.74) is 6.02. The Hall–Kier alpha value is -0.940. The maximum Gasteiger partial charge on any atom is 0.229 e. The van der Waals surface area contributed by atoms with Crippen LogP contribution in [0.4, 0.5) is 0 Å². The van der Waals surface area contributed by atoms with Crippen LogP contribution in [0.2, 0.25) is 0 Å². The molecule has 0 radical (unpaired) electrons. The van der Waals surface area contributed by atoms with Gasteiger partial charge in [-0.2, -0.15) is 0 Å². The molecule has 4 nitrogen and oxygen atoms in total. The van der Waals surface area contributed by atoms with Crippen molar-refractivity contribution in [2.24, 2.45) is 11.1 Å². The molecule has 1 amide bonds. The maximum atomic E-state index is 12.0. The molecule has 1 rings (SSSR count). The first-order chi connectivity index (χ1) is 7.36. The summed E-state index contributed by atoms with van der Waals surface area (Å²) in [4.78, 5) is 18.0. The van der Waals surface area contributed by atoms with Crippen molar-refractivity contribution < 1.29 is 4.79 Å². The van der Waals surface area contributed by atoms with E-state index in [9.17, 15) is 4.79 Å². The lowest BCUT2D eigenvalue weighted by atomic mass is 9.92. The van der Waals surface area contributed by atoms with Crippen LogP contribution in [0.1, 0.15) is 24.5 Å². The van der Waals surface area contributed by atoms with E-state index in [1.807, 2.05) is 26.2 Å². The second kappa shape index (κ2) is 4.93. The fourth-order valence-electron chi connectivity index (χ4n) is 1.40. The van der Waals surface area contributed by atoms with Crippen molar-refractivity contribution in [3.63, 3.8) is 0 Å². The molecule has 0 saturated carbocycles. The third-order valence-corrected chi connectivity index (χ3v) is 3.32. The molecule has 16 heavy (non-hydrogen) atoms. The van der Waals surface area contributed by atoms with Crippen LogP contribution in [0.15, 0.2) is 5.38 Å². The summed E-state index contributed by atoms with van der Waals surface area (Å²) in [7, 11) is 1.79.